The molecule has 0 spiro atoms. The van der Waals surface area contributed by atoms with Crippen LogP contribution in [0.4, 0.5) is 10.1 Å². The third-order valence-corrected chi connectivity index (χ3v) is 2.31. The smallest absolute Gasteiger partial charge is 0.251 e. The van der Waals surface area contributed by atoms with E-state index in [1.165, 1.54) is 12.1 Å². The number of halogens is 1. The fourth-order valence-corrected chi connectivity index (χ4v) is 1.42. The fraction of sp³-hybridized carbons (Fsp3) is 0.0833. The normalized spacial score (nSPS) is 10.2. The number of nitrogens with two attached hydrogens (primary N) is 1. The largest absolute Gasteiger partial charge is 0.472 e. The van der Waals surface area contributed by atoms with Gasteiger partial charge in [0, 0.05) is 17.8 Å². The quantitative estimate of drug-likeness (QED) is 0.851. The van der Waals surface area contributed by atoms with E-state index in [1.54, 1.807) is 18.6 Å². The third kappa shape index (κ3) is 2.63. The zero-order valence-corrected chi connectivity index (χ0v) is 8.94. The van der Waals surface area contributed by atoms with Crippen LogP contribution in [0.3, 0.4) is 0 Å². The Morgan fingerprint density at radius 1 is 1.41 bits per heavy atom. The molecule has 0 unspecified atom stereocenters. The predicted octanol–water partition coefficient (Wildman–Crippen LogP) is 2.13. The lowest BCUT2D eigenvalue weighted by atomic mass is 10.1. The summed E-state index contributed by atoms with van der Waals surface area (Å²) < 4.78 is 18.1. The minimum absolute atomic E-state index is 0.123. The minimum atomic E-state index is -0.783. The molecular weight excluding hydrogens is 223 g/mol. The average Bonchev–Trinajstić information content (AvgIpc) is 2.80. The Balaban J connectivity index is 2.11. The van der Waals surface area contributed by atoms with Crippen LogP contribution in [0, 0.1) is 5.82 Å². The molecule has 3 N–H and O–H groups in total. The van der Waals surface area contributed by atoms with E-state index in [-0.39, 0.29) is 5.56 Å². The monoisotopic (exact) mass is 234 g/mol. The van der Waals surface area contributed by atoms with Crippen LogP contribution >= 0.6 is 0 Å². The Morgan fingerprint density at radius 3 is 2.88 bits per heavy atom. The van der Waals surface area contributed by atoms with Crippen molar-refractivity contribution in [2.45, 2.75) is 6.54 Å². The highest BCUT2D eigenvalue weighted by Gasteiger charge is 2.08. The molecule has 4 nitrogen and oxygen atoms in total. The molecule has 0 fully saturated rings. The Morgan fingerprint density at radius 2 is 2.24 bits per heavy atom. The number of carbonyl (C=O) groups excluding carboxylic acids is 1. The van der Waals surface area contributed by atoms with Crippen LogP contribution in [-0.4, -0.2) is 5.91 Å². The van der Waals surface area contributed by atoms with Gasteiger partial charge in [-0.3, -0.25) is 4.79 Å². The summed E-state index contributed by atoms with van der Waals surface area (Å²) in [6.07, 6.45) is 3.17. The molecule has 1 heterocycles. The standard InChI is InChI=1S/C12H11FN2O2/c13-11-2-1-9(5-10(11)12(14)16)15-6-8-3-4-17-7-8/h1-5,7,15H,6H2,(H2,14,16). The first-order chi connectivity index (χ1) is 8.16. The van der Waals surface area contributed by atoms with E-state index in [1.807, 2.05) is 6.07 Å². The topological polar surface area (TPSA) is 68.3 Å². The van der Waals surface area contributed by atoms with E-state index in [9.17, 15) is 9.18 Å². The molecule has 0 aliphatic rings. The molecule has 0 bridgehead atoms. The number of carbonyl (C=O) groups is 1. The molecular formula is C12H11FN2O2. The van der Waals surface area contributed by atoms with Gasteiger partial charge in [-0.05, 0) is 24.3 Å². The molecule has 1 amide bonds. The van der Waals surface area contributed by atoms with E-state index in [0.717, 1.165) is 5.56 Å². The molecule has 0 radical (unpaired) electrons. The van der Waals surface area contributed by atoms with Gasteiger partial charge in [-0.15, -0.1) is 0 Å². The lowest BCUT2D eigenvalue weighted by Crippen LogP contribution is -2.13. The van der Waals surface area contributed by atoms with Crippen LogP contribution in [-0.2, 0) is 6.54 Å². The molecule has 0 aliphatic heterocycles. The summed E-state index contributed by atoms with van der Waals surface area (Å²) in [5, 5.41) is 3.04. The van der Waals surface area contributed by atoms with Crippen LogP contribution in [0.5, 0.6) is 0 Å². The molecule has 2 rings (SSSR count). The summed E-state index contributed by atoms with van der Waals surface area (Å²) in [6, 6.07) is 5.95. The number of nitrogens with one attached hydrogen (secondary N) is 1. The van der Waals surface area contributed by atoms with Crippen molar-refractivity contribution >= 4 is 11.6 Å². The van der Waals surface area contributed by atoms with Gasteiger partial charge in [-0.25, -0.2) is 4.39 Å². The Hall–Kier alpha value is -2.30. The highest BCUT2D eigenvalue weighted by molar-refractivity contribution is 5.94. The SMILES string of the molecule is NC(=O)c1cc(NCc2ccoc2)ccc1F. The molecule has 0 aliphatic carbocycles. The number of anilines is 1. The van der Waals surface area contributed by atoms with Gasteiger partial charge in [0.05, 0.1) is 18.1 Å². The van der Waals surface area contributed by atoms with Crippen molar-refractivity contribution < 1.29 is 13.6 Å². The first-order valence-electron chi connectivity index (χ1n) is 5.01. The lowest BCUT2D eigenvalue weighted by molar-refractivity contribution is 0.0996. The highest BCUT2D eigenvalue weighted by Crippen LogP contribution is 2.15. The number of rotatable bonds is 4. The maximum Gasteiger partial charge on any atom is 0.251 e. The zero-order valence-electron chi connectivity index (χ0n) is 8.94. The van der Waals surface area contributed by atoms with Crippen molar-refractivity contribution in [2.75, 3.05) is 5.32 Å². The number of primary amides is 1. The molecule has 1 aromatic carbocycles. The minimum Gasteiger partial charge on any atom is -0.472 e. The molecule has 0 atom stereocenters. The number of hydrogen-bond donors (Lipinski definition) is 2. The maximum atomic E-state index is 13.2. The van der Waals surface area contributed by atoms with Gasteiger partial charge >= 0.3 is 0 Å². The summed E-state index contributed by atoms with van der Waals surface area (Å²) >= 11 is 0. The van der Waals surface area contributed by atoms with Crippen molar-refractivity contribution in [3.05, 3.63) is 53.7 Å². The summed E-state index contributed by atoms with van der Waals surface area (Å²) in [4.78, 5) is 10.9. The molecule has 0 saturated heterocycles. The number of benzene rings is 1. The molecule has 1 aromatic heterocycles. The van der Waals surface area contributed by atoms with Crippen LogP contribution < -0.4 is 11.1 Å². The number of amides is 1. The summed E-state index contributed by atoms with van der Waals surface area (Å²) in [5.41, 5.74) is 6.51. The van der Waals surface area contributed by atoms with Crippen LogP contribution in [0.1, 0.15) is 15.9 Å². The summed E-state index contributed by atoms with van der Waals surface area (Å²) in [5.74, 6) is -1.40. The van der Waals surface area contributed by atoms with Crippen molar-refractivity contribution in [3.8, 4) is 0 Å². The Bertz CT molecular complexity index is 523. The van der Waals surface area contributed by atoms with Crippen LogP contribution in [0.25, 0.3) is 0 Å². The summed E-state index contributed by atoms with van der Waals surface area (Å²) in [6.45, 7) is 0.528. The van der Waals surface area contributed by atoms with Gasteiger partial charge < -0.3 is 15.5 Å². The Labute approximate surface area is 97.2 Å². The highest BCUT2D eigenvalue weighted by atomic mass is 19.1. The molecule has 0 saturated carbocycles. The lowest BCUT2D eigenvalue weighted by Gasteiger charge is -2.06. The maximum absolute atomic E-state index is 13.2. The van der Waals surface area contributed by atoms with E-state index in [0.29, 0.717) is 12.2 Å². The van der Waals surface area contributed by atoms with Gasteiger partial charge in [-0.2, -0.15) is 0 Å². The molecule has 2 aromatic rings. The fourth-order valence-electron chi connectivity index (χ4n) is 1.42. The van der Waals surface area contributed by atoms with E-state index < -0.39 is 11.7 Å². The third-order valence-electron chi connectivity index (χ3n) is 2.31. The van der Waals surface area contributed by atoms with E-state index in [4.69, 9.17) is 10.2 Å². The van der Waals surface area contributed by atoms with Gasteiger partial charge in [0.2, 0.25) is 0 Å². The second kappa shape index (κ2) is 4.69. The number of furan rings is 1. The Kier molecular flexibility index (Phi) is 3.09. The first-order valence-corrected chi connectivity index (χ1v) is 5.01. The second-order valence-corrected chi connectivity index (χ2v) is 3.54. The second-order valence-electron chi connectivity index (χ2n) is 3.54. The predicted molar refractivity (Wildman–Crippen MR) is 61.0 cm³/mol. The molecule has 88 valence electrons. The van der Waals surface area contributed by atoms with Crippen molar-refractivity contribution in [1.82, 2.24) is 0 Å². The van der Waals surface area contributed by atoms with Crippen LogP contribution in [0.2, 0.25) is 0 Å². The number of hydrogen-bond acceptors (Lipinski definition) is 3. The first kappa shape index (κ1) is 11.2. The molecule has 17 heavy (non-hydrogen) atoms. The van der Waals surface area contributed by atoms with E-state index >= 15 is 0 Å². The van der Waals surface area contributed by atoms with Gasteiger partial charge in [-0.1, -0.05) is 0 Å². The van der Waals surface area contributed by atoms with E-state index in [2.05, 4.69) is 5.32 Å². The van der Waals surface area contributed by atoms with Gasteiger partial charge in [0.15, 0.2) is 0 Å². The zero-order chi connectivity index (χ0) is 12.3. The van der Waals surface area contributed by atoms with Crippen molar-refractivity contribution in [2.24, 2.45) is 5.73 Å². The van der Waals surface area contributed by atoms with Gasteiger partial charge in [0.1, 0.15) is 5.82 Å². The van der Waals surface area contributed by atoms with Crippen LogP contribution in [0.15, 0.2) is 41.2 Å². The van der Waals surface area contributed by atoms with Crippen molar-refractivity contribution in [1.29, 1.82) is 0 Å². The molecule has 5 heteroatoms. The van der Waals surface area contributed by atoms with Crippen molar-refractivity contribution in [3.63, 3.8) is 0 Å². The summed E-state index contributed by atoms with van der Waals surface area (Å²) in [7, 11) is 0. The van der Waals surface area contributed by atoms with Gasteiger partial charge in [0.25, 0.3) is 5.91 Å². The average molecular weight is 234 g/mol.